The van der Waals surface area contributed by atoms with E-state index in [0.717, 1.165) is 32.7 Å². The molecule has 3 nitrogen and oxygen atoms in total. The van der Waals surface area contributed by atoms with Crippen molar-refractivity contribution < 1.29 is 0 Å². The van der Waals surface area contributed by atoms with Gasteiger partial charge in [-0.15, -0.1) is 0 Å². The van der Waals surface area contributed by atoms with Gasteiger partial charge in [0, 0.05) is 44.0 Å². The predicted octanol–water partition coefficient (Wildman–Crippen LogP) is 2.72. The monoisotopic (exact) mass is 287 g/mol. The maximum atomic E-state index is 6.27. The molecule has 0 aromatic heterocycles. The van der Waals surface area contributed by atoms with Gasteiger partial charge in [0.15, 0.2) is 0 Å². The van der Waals surface area contributed by atoms with E-state index in [1.165, 1.54) is 24.9 Å². The molecular weight excluding hydrogens is 258 g/mol. The van der Waals surface area contributed by atoms with Crippen LogP contribution in [0.3, 0.4) is 0 Å². The van der Waals surface area contributed by atoms with Crippen LogP contribution in [0.15, 0.2) is 30.3 Å². The summed E-state index contributed by atoms with van der Waals surface area (Å²) in [6.07, 6.45) is 3.90. The number of para-hydroxylation sites is 1. The van der Waals surface area contributed by atoms with Crippen LogP contribution in [0.1, 0.15) is 33.1 Å². The minimum absolute atomic E-state index is 0.218. The molecule has 1 aromatic carbocycles. The summed E-state index contributed by atoms with van der Waals surface area (Å²) in [6.45, 7) is 10.1. The predicted molar refractivity (Wildman–Crippen MR) is 89.6 cm³/mol. The second kappa shape index (κ2) is 5.62. The van der Waals surface area contributed by atoms with Crippen LogP contribution < -0.4 is 10.6 Å². The summed E-state index contributed by atoms with van der Waals surface area (Å²) in [5.41, 5.74) is 8.18. The molecule has 3 rings (SSSR count). The smallest absolute Gasteiger partial charge is 0.0384 e. The number of piperazine rings is 1. The second-order valence-electron chi connectivity index (χ2n) is 7.28. The number of anilines is 1. The lowest BCUT2D eigenvalue weighted by Crippen LogP contribution is -2.64. The van der Waals surface area contributed by atoms with E-state index in [-0.39, 0.29) is 5.54 Å². The van der Waals surface area contributed by atoms with Crippen molar-refractivity contribution >= 4 is 5.69 Å². The Labute approximate surface area is 129 Å². The highest BCUT2D eigenvalue weighted by Crippen LogP contribution is 2.49. The highest BCUT2D eigenvalue weighted by atomic mass is 15.3. The molecular formula is C18H29N3. The number of hydrogen-bond acceptors (Lipinski definition) is 3. The molecule has 1 saturated carbocycles. The fraction of sp³-hybridized carbons (Fsp3) is 0.667. The van der Waals surface area contributed by atoms with Crippen LogP contribution in [0.2, 0.25) is 0 Å². The number of benzene rings is 1. The first-order valence-electron chi connectivity index (χ1n) is 8.34. The van der Waals surface area contributed by atoms with Crippen LogP contribution in [0.5, 0.6) is 0 Å². The number of nitrogens with two attached hydrogens (primary N) is 1. The van der Waals surface area contributed by atoms with E-state index in [2.05, 4.69) is 54.0 Å². The fourth-order valence-electron chi connectivity index (χ4n) is 4.52. The third kappa shape index (κ3) is 2.47. The van der Waals surface area contributed by atoms with Gasteiger partial charge in [0.05, 0.1) is 0 Å². The normalized spacial score (nSPS) is 29.8. The largest absolute Gasteiger partial charge is 0.369 e. The molecule has 116 valence electrons. The Hall–Kier alpha value is -1.06. The summed E-state index contributed by atoms with van der Waals surface area (Å²) in [5.74, 6) is 0. The van der Waals surface area contributed by atoms with Gasteiger partial charge in [-0.25, -0.2) is 0 Å². The molecule has 2 aliphatic rings. The topological polar surface area (TPSA) is 32.5 Å². The molecule has 3 heteroatoms. The molecule has 1 aromatic rings. The molecule has 1 saturated heterocycles. The van der Waals surface area contributed by atoms with Crippen molar-refractivity contribution in [2.45, 2.75) is 38.6 Å². The third-order valence-electron chi connectivity index (χ3n) is 6.00. The number of hydrogen-bond donors (Lipinski definition) is 1. The van der Waals surface area contributed by atoms with Crippen molar-refractivity contribution in [3.8, 4) is 0 Å². The van der Waals surface area contributed by atoms with E-state index in [0.29, 0.717) is 5.41 Å². The average molecular weight is 287 g/mol. The quantitative estimate of drug-likeness (QED) is 0.928. The summed E-state index contributed by atoms with van der Waals surface area (Å²) in [6, 6.07) is 10.8. The Bertz CT molecular complexity index is 463. The summed E-state index contributed by atoms with van der Waals surface area (Å²) < 4.78 is 0. The standard InChI is InChI=1S/C18H29N3/c1-17(2)9-6-10-18(17,15-19)21-13-11-20(12-14-21)16-7-4-3-5-8-16/h3-5,7-8H,6,9-15,19H2,1-2H3. The van der Waals surface area contributed by atoms with Crippen molar-refractivity contribution in [3.63, 3.8) is 0 Å². The molecule has 0 spiro atoms. The van der Waals surface area contributed by atoms with Gasteiger partial charge in [-0.2, -0.15) is 0 Å². The maximum Gasteiger partial charge on any atom is 0.0384 e. The van der Waals surface area contributed by atoms with Gasteiger partial charge in [-0.05, 0) is 30.4 Å². The van der Waals surface area contributed by atoms with Crippen LogP contribution in [0.25, 0.3) is 0 Å². The zero-order chi connectivity index (χ0) is 14.9. The minimum atomic E-state index is 0.218. The molecule has 1 atom stereocenters. The molecule has 1 unspecified atom stereocenters. The van der Waals surface area contributed by atoms with Crippen LogP contribution in [-0.2, 0) is 0 Å². The SMILES string of the molecule is CC1(C)CCCC1(CN)N1CCN(c2ccccc2)CC1. The Morgan fingerprint density at radius 3 is 2.19 bits per heavy atom. The third-order valence-corrected chi connectivity index (χ3v) is 6.00. The van der Waals surface area contributed by atoms with Gasteiger partial charge in [-0.1, -0.05) is 38.5 Å². The summed E-state index contributed by atoms with van der Waals surface area (Å²) in [4.78, 5) is 5.20. The van der Waals surface area contributed by atoms with Crippen molar-refractivity contribution in [2.75, 3.05) is 37.6 Å². The molecule has 0 bridgehead atoms. The van der Waals surface area contributed by atoms with E-state index in [1.54, 1.807) is 0 Å². The Balaban J connectivity index is 1.71. The number of nitrogens with zero attached hydrogens (tertiary/aromatic N) is 2. The van der Waals surface area contributed by atoms with E-state index >= 15 is 0 Å². The summed E-state index contributed by atoms with van der Waals surface area (Å²) in [5, 5.41) is 0. The molecule has 1 aliphatic heterocycles. The molecule has 1 aliphatic carbocycles. The van der Waals surface area contributed by atoms with E-state index < -0.39 is 0 Å². The first-order valence-corrected chi connectivity index (χ1v) is 8.34. The van der Waals surface area contributed by atoms with Crippen LogP contribution >= 0.6 is 0 Å². The van der Waals surface area contributed by atoms with E-state index in [9.17, 15) is 0 Å². The molecule has 21 heavy (non-hydrogen) atoms. The first-order chi connectivity index (χ1) is 10.1. The highest BCUT2D eigenvalue weighted by molar-refractivity contribution is 5.46. The maximum absolute atomic E-state index is 6.27. The lowest BCUT2D eigenvalue weighted by atomic mass is 9.73. The zero-order valence-electron chi connectivity index (χ0n) is 13.5. The van der Waals surface area contributed by atoms with Crippen molar-refractivity contribution in [1.29, 1.82) is 0 Å². The van der Waals surface area contributed by atoms with Gasteiger partial charge < -0.3 is 10.6 Å². The van der Waals surface area contributed by atoms with Crippen LogP contribution in [0, 0.1) is 5.41 Å². The average Bonchev–Trinajstić information content (AvgIpc) is 2.84. The van der Waals surface area contributed by atoms with Crippen LogP contribution in [-0.4, -0.2) is 43.2 Å². The Morgan fingerprint density at radius 1 is 1.00 bits per heavy atom. The van der Waals surface area contributed by atoms with Gasteiger partial charge in [-0.3, -0.25) is 4.90 Å². The van der Waals surface area contributed by atoms with E-state index in [1.807, 2.05) is 0 Å². The summed E-state index contributed by atoms with van der Waals surface area (Å²) in [7, 11) is 0. The highest BCUT2D eigenvalue weighted by Gasteiger charge is 2.51. The van der Waals surface area contributed by atoms with Gasteiger partial charge in [0.1, 0.15) is 0 Å². The molecule has 2 N–H and O–H groups in total. The molecule has 0 radical (unpaired) electrons. The molecule has 0 amide bonds. The van der Waals surface area contributed by atoms with Crippen LogP contribution in [0.4, 0.5) is 5.69 Å². The molecule has 1 heterocycles. The Morgan fingerprint density at radius 2 is 1.67 bits per heavy atom. The van der Waals surface area contributed by atoms with Gasteiger partial charge >= 0.3 is 0 Å². The van der Waals surface area contributed by atoms with Gasteiger partial charge in [0.25, 0.3) is 0 Å². The lowest BCUT2D eigenvalue weighted by Gasteiger charge is -2.52. The first kappa shape index (κ1) is 14.9. The van der Waals surface area contributed by atoms with Crippen molar-refractivity contribution in [2.24, 2.45) is 11.1 Å². The van der Waals surface area contributed by atoms with Crippen molar-refractivity contribution in [3.05, 3.63) is 30.3 Å². The second-order valence-corrected chi connectivity index (χ2v) is 7.28. The lowest BCUT2D eigenvalue weighted by molar-refractivity contribution is 0.00882. The minimum Gasteiger partial charge on any atom is -0.369 e. The fourth-order valence-corrected chi connectivity index (χ4v) is 4.52. The zero-order valence-corrected chi connectivity index (χ0v) is 13.5. The number of rotatable bonds is 3. The Kier molecular flexibility index (Phi) is 3.98. The van der Waals surface area contributed by atoms with Crippen molar-refractivity contribution in [1.82, 2.24) is 4.90 Å². The van der Waals surface area contributed by atoms with E-state index in [4.69, 9.17) is 5.73 Å². The molecule has 2 fully saturated rings. The van der Waals surface area contributed by atoms with Gasteiger partial charge in [0.2, 0.25) is 0 Å². The summed E-state index contributed by atoms with van der Waals surface area (Å²) >= 11 is 0.